The van der Waals surface area contributed by atoms with E-state index in [4.69, 9.17) is 16.7 Å². The number of benzene rings is 2. The molecular weight excluding hydrogens is 306 g/mol. The summed E-state index contributed by atoms with van der Waals surface area (Å²) in [7, 11) is 0. The minimum absolute atomic E-state index is 0.0757. The highest BCUT2D eigenvalue weighted by Gasteiger charge is 2.13. The number of carboxylic acids is 1. The molecular formula is C14H9ClF2O2S. The van der Waals surface area contributed by atoms with Gasteiger partial charge in [0.05, 0.1) is 5.56 Å². The zero-order valence-electron chi connectivity index (χ0n) is 10.0. The van der Waals surface area contributed by atoms with Gasteiger partial charge in [-0.1, -0.05) is 41.6 Å². The van der Waals surface area contributed by atoms with Gasteiger partial charge in [-0.15, -0.1) is 0 Å². The van der Waals surface area contributed by atoms with E-state index in [2.05, 4.69) is 0 Å². The Bertz CT molecular complexity index is 630. The molecule has 0 aliphatic heterocycles. The molecule has 0 unspecified atom stereocenters. The molecule has 0 spiro atoms. The van der Waals surface area contributed by atoms with E-state index in [0.29, 0.717) is 32.8 Å². The van der Waals surface area contributed by atoms with Gasteiger partial charge in [-0.25, -0.2) is 4.79 Å². The van der Waals surface area contributed by atoms with Crippen LogP contribution in [0.5, 0.6) is 0 Å². The summed E-state index contributed by atoms with van der Waals surface area (Å²) in [5, 5.41) is 9.49. The Morgan fingerprint density at radius 3 is 2.35 bits per heavy atom. The fourth-order valence-corrected chi connectivity index (χ4v) is 2.43. The Hall–Kier alpha value is -1.59. The van der Waals surface area contributed by atoms with Crippen molar-refractivity contribution in [3.63, 3.8) is 0 Å². The molecule has 0 aliphatic rings. The molecule has 2 rings (SSSR count). The van der Waals surface area contributed by atoms with Gasteiger partial charge in [0.1, 0.15) is 0 Å². The molecule has 1 N–H and O–H groups in total. The Balaban J connectivity index is 2.39. The second-order valence-corrected chi connectivity index (χ2v) is 5.40. The summed E-state index contributed by atoms with van der Waals surface area (Å²) < 4.78 is 24.5. The number of carboxylic acid groups (broad SMARTS) is 1. The van der Waals surface area contributed by atoms with Gasteiger partial charge in [0.2, 0.25) is 0 Å². The lowest BCUT2D eigenvalue weighted by Crippen LogP contribution is -1.99. The molecule has 0 aromatic heterocycles. The van der Waals surface area contributed by atoms with E-state index < -0.39 is 11.7 Å². The van der Waals surface area contributed by atoms with Crippen molar-refractivity contribution in [2.75, 3.05) is 0 Å². The van der Waals surface area contributed by atoms with E-state index in [0.717, 1.165) is 0 Å². The molecule has 20 heavy (non-hydrogen) atoms. The summed E-state index contributed by atoms with van der Waals surface area (Å²) in [6.07, 6.45) is 0. The molecule has 0 atom stereocenters. The van der Waals surface area contributed by atoms with Gasteiger partial charge in [0.15, 0.2) is 0 Å². The van der Waals surface area contributed by atoms with Crippen molar-refractivity contribution in [3.8, 4) is 11.1 Å². The van der Waals surface area contributed by atoms with Crippen LogP contribution in [0.3, 0.4) is 0 Å². The van der Waals surface area contributed by atoms with Gasteiger partial charge in [0, 0.05) is 9.92 Å². The normalized spacial score (nSPS) is 10.8. The maximum Gasteiger partial charge on any atom is 0.336 e. The molecule has 0 aliphatic carbocycles. The average Bonchev–Trinajstić information content (AvgIpc) is 2.39. The summed E-state index contributed by atoms with van der Waals surface area (Å²) in [6, 6.07) is 10.8. The van der Waals surface area contributed by atoms with Crippen LogP contribution in [0, 0.1) is 0 Å². The molecule has 0 radical (unpaired) electrons. The van der Waals surface area contributed by atoms with Crippen molar-refractivity contribution in [2.45, 2.75) is 10.7 Å². The van der Waals surface area contributed by atoms with Gasteiger partial charge < -0.3 is 5.11 Å². The minimum atomic E-state index is -2.48. The zero-order chi connectivity index (χ0) is 14.7. The number of alkyl halides is 2. The van der Waals surface area contributed by atoms with Crippen LogP contribution in [0.1, 0.15) is 10.4 Å². The van der Waals surface area contributed by atoms with Crippen molar-refractivity contribution < 1.29 is 18.7 Å². The van der Waals surface area contributed by atoms with Crippen molar-refractivity contribution in [1.82, 2.24) is 0 Å². The van der Waals surface area contributed by atoms with Gasteiger partial charge in [0.25, 0.3) is 5.76 Å². The lowest BCUT2D eigenvalue weighted by molar-refractivity contribution is 0.0697. The molecule has 0 bridgehead atoms. The van der Waals surface area contributed by atoms with Crippen LogP contribution in [0.25, 0.3) is 11.1 Å². The number of halogens is 3. The number of rotatable bonds is 4. The highest BCUT2D eigenvalue weighted by Crippen LogP contribution is 2.30. The monoisotopic (exact) mass is 314 g/mol. The van der Waals surface area contributed by atoms with Crippen LogP contribution < -0.4 is 0 Å². The number of thioether (sulfide) groups is 1. The quantitative estimate of drug-likeness (QED) is 0.805. The molecule has 0 saturated carbocycles. The summed E-state index contributed by atoms with van der Waals surface area (Å²) in [4.78, 5) is 11.6. The van der Waals surface area contributed by atoms with Crippen molar-refractivity contribution >= 4 is 29.3 Å². The Labute approximate surface area is 123 Å². The van der Waals surface area contributed by atoms with E-state index in [9.17, 15) is 13.6 Å². The number of hydrogen-bond donors (Lipinski definition) is 1. The molecule has 2 aromatic carbocycles. The smallest absolute Gasteiger partial charge is 0.336 e. The highest BCUT2D eigenvalue weighted by molar-refractivity contribution is 7.99. The van der Waals surface area contributed by atoms with Crippen LogP contribution in [0.2, 0.25) is 5.02 Å². The van der Waals surface area contributed by atoms with Crippen LogP contribution in [-0.4, -0.2) is 16.8 Å². The van der Waals surface area contributed by atoms with Crippen molar-refractivity contribution in [2.24, 2.45) is 0 Å². The van der Waals surface area contributed by atoms with Gasteiger partial charge in [-0.3, -0.25) is 0 Å². The number of carbonyl (C=O) groups is 1. The second kappa shape index (κ2) is 6.24. The number of hydrogen-bond acceptors (Lipinski definition) is 2. The predicted octanol–water partition coefficient (Wildman–Crippen LogP) is 5.02. The third-order valence-corrected chi connectivity index (χ3v) is 3.56. The second-order valence-electron chi connectivity index (χ2n) is 3.90. The highest BCUT2D eigenvalue weighted by atomic mass is 35.5. The molecule has 0 heterocycles. The maximum absolute atomic E-state index is 12.2. The van der Waals surface area contributed by atoms with Crippen LogP contribution in [0.4, 0.5) is 8.78 Å². The first-order valence-electron chi connectivity index (χ1n) is 5.55. The fraction of sp³-hybridized carbons (Fsp3) is 0.0714. The number of aromatic carboxylic acids is 1. The Morgan fingerprint density at radius 2 is 1.80 bits per heavy atom. The molecule has 2 aromatic rings. The molecule has 0 amide bonds. The van der Waals surface area contributed by atoms with Crippen molar-refractivity contribution in [1.29, 1.82) is 0 Å². The van der Waals surface area contributed by atoms with Crippen LogP contribution in [0.15, 0.2) is 47.4 Å². The third-order valence-electron chi connectivity index (χ3n) is 2.60. The van der Waals surface area contributed by atoms with E-state index in [1.807, 2.05) is 0 Å². The Kier molecular flexibility index (Phi) is 4.62. The van der Waals surface area contributed by atoms with Crippen LogP contribution in [-0.2, 0) is 0 Å². The molecule has 2 nitrogen and oxygen atoms in total. The van der Waals surface area contributed by atoms with Gasteiger partial charge >= 0.3 is 5.97 Å². The van der Waals surface area contributed by atoms with E-state index in [1.165, 1.54) is 18.2 Å². The molecule has 0 saturated heterocycles. The average molecular weight is 315 g/mol. The van der Waals surface area contributed by atoms with Crippen molar-refractivity contribution in [3.05, 3.63) is 53.1 Å². The molecule has 0 fully saturated rings. The van der Waals surface area contributed by atoms with Gasteiger partial charge in [-0.05, 0) is 35.4 Å². The maximum atomic E-state index is 12.2. The first-order valence-corrected chi connectivity index (χ1v) is 6.81. The fourth-order valence-electron chi connectivity index (χ4n) is 1.76. The van der Waals surface area contributed by atoms with E-state index in [-0.39, 0.29) is 5.56 Å². The topological polar surface area (TPSA) is 37.3 Å². The lowest BCUT2D eigenvalue weighted by atomic mass is 10.00. The van der Waals surface area contributed by atoms with E-state index >= 15 is 0 Å². The van der Waals surface area contributed by atoms with Gasteiger partial charge in [-0.2, -0.15) is 8.78 Å². The molecule has 6 heteroatoms. The summed E-state index contributed by atoms with van der Waals surface area (Å²) in [6.45, 7) is 0. The third kappa shape index (κ3) is 3.49. The first kappa shape index (κ1) is 14.8. The zero-order valence-corrected chi connectivity index (χ0v) is 11.6. The van der Waals surface area contributed by atoms with E-state index in [1.54, 1.807) is 24.3 Å². The SMILES string of the molecule is O=C(O)c1cc(Cl)ccc1-c1ccc(SC(F)F)cc1. The summed E-state index contributed by atoms with van der Waals surface area (Å²) in [5.41, 5.74) is 1.21. The summed E-state index contributed by atoms with van der Waals surface area (Å²) in [5.74, 6) is -3.57. The standard InChI is InChI=1S/C14H9ClF2O2S/c15-9-3-6-11(12(7-9)13(18)19)8-1-4-10(5-2-8)20-14(16)17/h1-7,14H,(H,18,19). The summed E-state index contributed by atoms with van der Waals surface area (Å²) >= 11 is 6.23. The predicted molar refractivity (Wildman–Crippen MR) is 75.7 cm³/mol. The Morgan fingerprint density at radius 1 is 1.15 bits per heavy atom. The van der Waals surface area contributed by atoms with Crippen LogP contribution >= 0.6 is 23.4 Å². The minimum Gasteiger partial charge on any atom is -0.478 e. The lowest BCUT2D eigenvalue weighted by Gasteiger charge is -2.08. The largest absolute Gasteiger partial charge is 0.478 e. The molecule has 104 valence electrons. The first-order chi connectivity index (χ1) is 9.47.